The van der Waals surface area contributed by atoms with E-state index in [-0.39, 0.29) is 10.7 Å². The molecule has 0 amide bonds. The third-order valence-corrected chi connectivity index (χ3v) is 4.66. The van der Waals surface area contributed by atoms with Crippen LogP contribution in [0.4, 0.5) is 0 Å². The lowest BCUT2D eigenvalue weighted by Gasteiger charge is -2.26. The Bertz CT molecular complexity index is 929. The molecular weight excluding hydrogens is 304 g/mol. The summed E-state index contributed by atoms with van der Waals surface area (Å²) in [4.78, 5) is 28.8. The molecule has 5 nitrogen and oxygen atoms in total. The highest BCUT2D eigenvalue weighted by Crippen LogP contribution is 2.46. The number of aliphatic imine (C=N–C) groups is 1. The first-order valence-electron chi connectivity index (χ1n) is 7.71. The van der Waals surface area contributed by atoms with Crippen molar-refractivity contribution in [2.24, 2.45) is 4.99 Å². The molecule has 0 aromatic heterocycles. The number of rotatable bonds is 2. The topological polar surface area (TPSA) is 72.6 Å². The van der Waals surface area contributed by atoms with Crippen LogP contribution in [0.1, 0.15) is 34.3 Å². The summed E-state index contributed by atoms with van der Waals surface area (Å²) in [5.41, 5.74) is 3.55. The minimum Gasteiger partial charge on any atom is -0.289 e. The first-order chi connectivity index (χ1) is 11.6. The summed E-state index contributed by atoms with van der Waals surface area (Å²) in [6.45, 7) is 1.67. The SMILES string of the molecule is CC1=NC2=C(C(=O)c3ccccc32)C(c2ccccc2)C1[N+](=O)[O-]. The molecule has 1 aliphatic heterocycles. The number of benzene rings is 2. The van der Waals surface area contributed by atoms with Gasteiger partial charge in [-0.15, -0.1) is 0 Å². The fraction of sp³-hybridized carbons (Fsp3) is 0.158. The van der Waals surface area contributed by atoms with E-state index in [0.29, 0.717) is 22.5 Å². The van der Waals surface area contributed by atoms with Crippen molar-refractivity contribution in [2.45, 2.75) is 18.9 Å². The molecule has 0 radical (unpaired) electrons. The molecular formula is C19H14N2O3. The van der Waals surface area contributed by atoms with Crippen molar-refractivity contribution in [1.29, 1.82) is 0 Å². The number of hydrogen-bond acceptors (Lipinski definition) is 4. The van der Waals surface area contributed by atoms with E-state index in [0.717, 1.165) is 11.1 Å². The zero-order valence-electron chi connectivity index (χ0n) is 13.0. The smallest absolute Gasteiger partial charge is 0.261 e. The predicted octanol–water partition coefficient (Wildman–Crippen LogP) is 3.50. The zero-order chi connectivity index (χ0) is 16.8. The van der Waals surface area contributed by atoms with Gasteiger partial charge in [0, 0.05) is 21.6 Å². The van der Waals surface area contributed by atoms with Crippen LogP contribution in [0.5, 0.6) is 0 Å². The second-order valence-corrected chi connectivity index (χ2v) is 6.01. The molecule has 0 N–H and O–H groups in total. The second-order valence-electron chi connectivity index (χ2n) is 6.01. The van der Waals surface area contributed by atoms with E-state index < -0.39 is 12.0 Å². The molecule has 24 heavy (non-hydrogen) atoms. The van der Waals surface area contributed by atoms with Gasteiger partial charge < -0.3 is 0 Å². The van der Waals surface area contributed by atoms with E-state index in [1.165, 1.54) is 0 Å². The summed E-state index contributed by atoms with van der Waals surface area (Å²) in [6, 6.07) is 15.4. The minimum absolute atomic E-state index is 0.155. The number of fused-ring (bicyclic) bond motifs is 2. The standard InChI is InChI=1S/C19H14N2O3/c1-11-18(21(23)24)15(12-7-3-2-4-8-12)16-17(20-11)13-9-5-6-10-14(13)19(16)22/h2-10,15,18H,1H3. The highest BCUT2D eigenvalue weighted by Gasteiger charge is 2.47. The van der Waals surface area contributed by atoms with Crippen LogP contribution < -0.4 is 0 Å². The zero-order valence-corrected chi connectivity index (χ0v) is 13.0. The average Bonchev–Trinajstić information content (AvgIpc) is 2.87. The van der Waals surface area contributed by atoms with Crippen LogP contribution in [0.2, 0.25) is 0 Å². The fourth-order valence-corrected chi connectivity index (χ4v) is 3.62. The maximum absolute atomic E-state index is 12.9. The Labute approximate surface area is 138 Å². The Morgan fingerprint density at radius 3 is 2.29 bits per heavy atom. The lowest BCUT2D eigenvalue weighted by Crippen LogP contribution is -2.38. The lowest BCUT2D eigenvalue weighted by molar-refractivity contribution is -0.505. The van der Waals surface area contributed by atoms with Crippen LogP contribution in [0.3, 0.4) is 0 Å². The molecule has 2 unspecified atom stereocenters. The van der Waals surface area contributed by atoms with Crippen molar-refractivity contribution >= 4 is 17.2 Å². The molecule has 118 valence electrons. The first-order valence-corrected chi connectivity index (χ1v) is 7.71. The van der Waals surface area contributed by atoms with Gasteiger partial charge in [0.25, 0.3) is 6.04 Å². The van der Waals surface area contributed by atoms with Crippen LogP contribution in [-0.2, 0) is 0 Å². The minimum atomic E-state index is -1.02. The Morgan fingerprint density at radius 2 is 1.62 bits per heavy atom. The van der Waals surface area contributed by atoms with Gasteiger partial charge >= 0.3 is 0 Å². The van der Waals surface area contributed by atoms with E-state index in [2.05, 4.69) is 4.99 Å². The number of nitro groups is 1. The van der Waals surface area contributed by atoms with Crippen LogP contribution >= 0.6 is 0 Å². The summed E-state index contributed by atoms with van der Waals surface area (Å²) < 4.78 is 0. The molecule has 2 atom stereocenters. The highest BCUT2D eigenvalue weighted by atomic mass is 16.6. The number of Topliss-reactive ketones (excluding diaryl/α,β-unsaturated/α-hetero) is 1. The molecule has 0 bridgehead atoms. The first kappa shape index (κ1) is 14.5. The monoisotopic (exact) mass is 318 g/mol. The molecule has 0 saturated heterocycles. The molecule has 2 aliphatic rings. The summed E-state index contributed by atoms with van der Waals surface area (Å²) in [7, 11) is 0. The van der Waals surface area contributed by atoms with Gasteiger partial charge in [-0.3, -0.25) is 14.9 Å². The third kappa shape index (κ3) is 1.94. The second kappa shape index (κ2) is 5.23. The lowest BCUT2D eigenvalue weighted by atomic mass is 9.80. The van der Waals surface area contributed by atoms with E-state index in [1.807, 2.05) is 42.5 Å². The number of nitrogens with zero attached hydrogens (tertiary/aromatic N) is 2. The van der Waals surface area contributed by atoms with Gasteiger partial charge in [-0.1, -0.05) is 54.6 Å². The van der Waals surface area contributed by atoms with Crippen molar-refractivity contribution in [1.82, 2.24) is 0 Å². The summed E-state index contributed by atoms with van der Waals surface area (Å²) in [5.74, 6) is -0.772. The maximum atomic E-state index is 12.9. The molecule has 2 aromatic carbocycles. The largest absolute Gasteiger partial charge is 0.289 e. The number of hydrogen-bond donors (Lipinski definition) is 0. The number of carbonyl (C=O) groups excluding carboxylic acids is 1. The average molecular weight is 318 g/mol. The third-order valence-electron chi connectivity index (χ3n) is 4.66. The van der Waals surface area contributed by atoms with Crippen molar-refractivity contribution in [2.75, 3.05) is 0 Å². The van der Waals surface area contributed by atoms with Crippen molar-refractivity contribution < 1.29 is 9.72 Å². The van der Waals surface area contributed by atoms with E-state index in [4.69, 9.17) is 0 Å². The van der Waals surface area contributed by atoms with Gasteiger partial charge in [-0.25, -0.2) is 4.99 Å². The Kier molecular flexibility index (Phi) is 3.16. The van der Waals surface area contributed by atoms with Gasteiger partial charge in [0.15, 0.2) is 5.78 Å². The Morgan fingerprint density at radius 1 is 1.00 bits per heavy atom. The predicted molar refractivity (Wildman–Crippen MR) is 90.8 cm³/mol. The summed E-state index contributed by atoms with van der Waals surface area (Å²) >= 11 is 0. The molecule has 1 aliphatic carbocycles. The van der Waals surface area contributed by atoms with E-state index in [1.54, 1.807) is 19.1 Å². The Hall–Kier alpha value is -3.08. The van der Waals surface area contributed by atoms with Crippen LogP contribution in [0, 0.1) is 10.1 Å². The van der Waals surface area contributed by atoms with Gasteiger partial charge in [0.1, 0.15) is 0 Å². The van der Waals surface area contributed by atoms with Crippen LogP contribution in [-0.4, -0.2) is 22.5 Å². The molecule has 1 heterocycles. The molecule has 2 aromatic rings. The van der Waals surface area contributed by atoms with E-state index in [9.17, 15) is 14.9 Å². The molecule has 5 heteroatoms. The van der Waals surface area contributed by atoms with Gasteiger partial charge in [0.2, 0.25) is 0 Å². The fourth-order valence-electron chi connectivity index (χ4n) is 3.62. The van der Waals surface area contributed by atoms with Crippen molar-refractivity contribution in [3.63, 3.8) is 0 Å². The molecule has 0 fully saturated rings. The maximum Gasteiger partial charge on any atom is 0.261 e. The van der Waals surface area contributed by atoms with Crippen LogP contribution in [0.15, 0.2) is 65.2 Å². The quantitative estimate of drug-likeness (QED) is 0.628. The number of ketones is 1. The molecule has 0 saturated carbocycles. The number of carbonyl (C=O) groups is 1. The summed E-state index contributed by atoms with van der Waals surface area (Å²) in [6.07, 6.45) is 0. The Balaban J connectivity index is 1.98. The van der Waals surface area contributed by atoms with Gasteiger partial charge in [0.05, 0.1) is 17.3 Å². The summed E-state index contributed by atoms with van der Waals surface area (Å²) in [5, 5.41) is 11.7. The highest BCUT2D eigenvalue weighted by molar-refractivity contribution is 6.23. The normalized spacial score (nSPS) is 22.0. The van der Waals surface area contributed by atoms with Gasteiger partial charge in [-0.2, -0.15) is 0 Å². The van der Waals surface area contributed by atoms with Crippen molar-refractivity contribution in [3.05, 3.63) is 87.0 Å². The van der Waals surface area contributed by atoms with Crippen molar-refractivity contribution in [3.8, 4) is 0 Å². The van der Waals surface area contributed by atoms with E-state index >= 15 is 0 Å². The van der Waals surface area contributed by atoms with Crippen LogP contribution in [0.25, 0.3) is 5.70 Å². The molecule has 4 rings (SSSR count). The van der Waals surface area contributed by atoms with Gasteiger partial charge in [-0.05, 0) is 12.5 Å². The molecule has 0 spiro atoms.